The number of hydrogen-bond acceptors (Lipinski definition) is 3. The Morgan fingerprint density at radius 1 is 1.39 bits per heavy atom. The number of benzene rings is 1. The van der Waals surface area contributed by atoms with Crippen LogP contribution in [0.15, 0.2) is 24.3 Å². The summed E-state index contributed by atoms with van der Waals surface area (Å²) in [5.41, 5.74) is 0.665. The Hall–Kier alpha value is -1.55. The highest BCUT2D eigenvalue weighted by Gasteiger charge is 2.27. The zero-order valence-corrected chi connectivity index (χ0v) is 11.1. The Labute approximate surface area is 108 Å². The van der Waals surface area contributed by atoms with Gasteiger partial charge in [-0.25, -0.2) is 0 Å². The van der Waals surface area contributed by atoms with E-state index >= 15 is 0 Å². The summed E-state index contributed by atoms with van der Waals surface area (Å²) in [6.07, 6.45) is 0. The maximum absolute atomic E-state index is 12.3. The maximum atomic E-state index is 12.3. The van der Waals surface area contributed by atoms with Crippen LogP contribution in [-0.2, 0) is 4.79 Å². The molecule has 2 rings (SSSR count). The number of carbonyl (C=O) groups excluding carboxylic acids is 1. The van der Waals surface area contributed by atoms with Gasteiger partial charge in [0, 0.05) is 17.6 Å². The largest absolute Gasteiger partial charge is 0.492 e. The molecule has 4 nitrogen and oxygen atoms in total. The molecule has 98 valence electrons. The molecule has 1 amide bonds. The van der Waals surface area contributed by atoms with E-state index in [4.69, 9.17) is 4.74 Å². The van der Waals surface area contributed by atoms with Crippen LogP contribution in [0.1, 0.15) is 32.4 Å². The van der Waals surface area contributed by atoms with Crippen LogP contribution in [-0.4, -0.2) is 24.6 Å². The summed E-state index contributed by atoms with van der Waals surface area (Å²) in [5, 5.41) is 6.22. The lowest BCUT2D eigenvalue weighted by Gasteiger charge is -2.25. The Kier molecular flexibility index (Phi) is 3.57. The molecule has 1 aliphatic heterocycles. The molecule has 0 bridgehead atoms. The van der Waals surface area contributed by atoms with Crippen molar-refractivity contribution in [3.05, 3.63) is 29.8 Å². The molecule has 0 unspecified atom stereocenters. The SMILES string of the molecule is CC(C)(C)NC(=O)[C@@H]1NCCOc2ccccc21. The smallest absolute Gasteiger partial charge is 0.242 e. The molecule has 4 heteroatoms. The van der Waals surface area contributed by atoms with Crippen molar-refractivity contribution in [2.24, 2.45) is 0 Å². The zero-order valence-electron chi connectivity index (χ0n) is 11.1. The summed E-state index contributed by atoms with van der Waals surface area (Å²) in [4.78, 5) is 12.3. The number of para-hydroxylation sites is 1. The van der Waals surface area contributed by atoms with Gasteiger partial charge in [0.05, 0.1) is 0 Å². The van der Waals surface area contributed by atoms with Crippen LogP contribution in [0.4, 0.5) is 0 Å². The second kappa shape index (κ2) is 4.98. The highest BCUT2D eigenvalue weighted by Crippen LogP contribution is 2.27. The van der Waals surface area contributed by atoms with Gasteiger partial charge in [-0.05, 0) is 26.8 Å². The molecule has 2 N–H and O–H groups in total. The van der Waals surface area contributed by atoms with Crippen molar-refractivity contribution in [2.75, 3.05) is 13.2 Å². The molecule has 18 heavy (non-hydrogen) atoms. The molecular formula is C14H20N2O2. The van der Waals surface area contributed by atoms with E-state index in [1.54, 1.807) is 0 Å². The fourth-order valence-corrected chi connectivity index (χ4v) is 2.00. The molecular weight excluding hydrogens is 228 g/mol. The summed E-state index contributed by atoms with van der Waals surface area (Å²) in [6, 6.07) is 7.33. The molecule has 0 spiro atoms. The number of fused-ring (bicyclic) bond motifs is 1. The summed E-state index contributed by atoms with van der Waals surface area (Å²) in [6.45, 7) is 7.17. The van der Waals surface area contributed by atoms with E-state index in [0.29, 0.717) is 13.2 Å². The van der Waals surface area contributed by atoms with E-state index < -0.39 is 0 Å². The van der Waals surface area contributed by atoms with Crippen molar-refractivity contribution in [1.82, 2.24) is 10.6 Å². The normalized spacial score (nSPS) is 19.4. The quantitative estimate of drug-likeness (QED) is 0.794. The summed E-state index contributed by atoms with van der Waals surface area (Å²) in [7, 11) is 0. The Balaban J connectivity index is 2.25. The van der Waals surface area contributed by atoms with Crippen molar-refractivity contribution in [3.63, 3.8) is 0 Å². The number of rotatable bonds is 1. The van der Waals surface area contributed by atoms with Crippen molar-refractivity contribution in [1.29, 1.82) is 0 Å². The summed E-state index contributed by atoms with van der Waals surface area (Å²) in [5.74, 6) is 0.775. The first-order valence-electron chi connectivity index (χ1n) is 6.24. The van der Waals surface area contributed by atoms with Gasteiger partial charge >= 0.3 is 0 Å². The first kappa shape index (κ1) is 12.9. The summed E-state index contributed by atoms with van der Waals surface area (Å²) >= 11 is 0. The van der Waals surface area contributed by atoms with Crippen molar-refractivity contribution in [2.45, 2.75) is 32.4 Å². The predicted octanol–water partition coefficient (Wildman–Crippen LogP) is 1.62. The second-order valence-electron chi connectivity index (χ2n) is 5.51. The standard InChI is InChI=1S/C14H20N2O2/c1-14(2,3)16-13(17)12-10-6-4-5-7-11(10)18-9-8-15-12/h4-7,12,15H,8-9H2,1-3H3,(H,16,17)/t12-/m1/s1. The topological polar surface area (TPSA) is 50.4 Å². The summed E-state index contributed by atoms with van der Waals surface area (Å²) < 4.78 is 5.62. The van der Waals surface area contributed by atoms with E-state index in [2.05, 4.69) is 10.6 Å². The second-order valence-corrected chi connectivity index (χ2v) is 5.51. The molecule has 1 aromatic rings. The predicted molar refractivity (Wildman–Crippen MR) is 70.6 cm³/mol. The van der Waals surface area contributed by atoms with Gasteiger partial charge in [0.15, 0.2) is 0 Å². The molecule has 0 saturated heterocycles. The number of nitrogens with one attached hydrogen (secondary N) is 2. The van der Waals surface area contributed by atoms with Gasteiger partial charge in [-0.15, -0.1) is 0 Å². The maximum Gasteiger partial charge on any atom is 0.242 e. The van der Waals surface area contributed by atoms with Crippen LogP contribution in [0.25, 0.3) is 0 Å². The molecule has 0 aromatic heterocycles. The lowest BCUT2D eigenvalue weighted by atomic mass is 10.0. The molecule has 1 atom stereocenters. The molecule has 1 heterocycles. The van der Waals surface area contributed by atoms with Crippen molar-refractivity contribution < 1.29 is 9.53 Å². The van der Waals surface area contributed by atoms with E-state index in [9.17, 15) is 4.79 Å². The monoisotopic (exact) mass is 248 g/mol. The van der Waals surface area contributed by atoms with E-state index in [0.717, 1.165) is 11.3 Å². The lowest BCUT2D eigenvalue weighted by molar-refractivity contribution is -0.124. The van der Waals surface area contributed by atoms with Crippen LogP contribution in [0.3, 0.4) is 0 Å². The average molecular weight is 248 g/mol. The van der Waals surface area contributed by atoms with Crippen LogP contribution in [0.5, 0.6) is 5.75 Å². The van der Waals surface area contributed by atoms with E-state index in [1.807, 2.05) is 45.0 Å². The third kappa shape index (κ3) is 3.01. The van der Waals surface area contributed by atoms with Gasteiger partial charge in [-0.1, -0.05) is 18.2 Å². The first-order valence-corrected chi connectivity index (χ1v) is 6.24. The van der Waals surface area contributed by atoms with Crippen LogP contribution >= 0.6 is 0 Å². The lowest BCUT2D eigenvalue weighted by Crippen LogP contribution is -2.46. The number of carbonyl (C=O) groups is 1. The highest BCUT2D eigenvalue weighted by atomic mass is 16.5. The van der Waals surface area contributed by atoms with Crippen LogP contribution in [0.2, 0.25) is 0 Å². The minimum atomic E-state index is -0.345. The fourth-order valence-electron chi connectivity index (χ4n) is 2.00. The Morgan fingerprint density at radius 2 is 2.11 bits per heavy atom. The molecule has 0 aliphatic carbocycles. The molecule has 0 radical (unpaired) electrons. The first-order chi connectivity index (χ1) is 8.47. The Morgan fingerprint density at radius 3 is 2.83 bits per heavy atom. The average Bonchev–Trinajstić information content (AvgIpc) is 2.48. The zero-order chi connectivity index (χ0) is 13.2. The van der Waals surface area contributed by atoms with Gasteiger partial charge < -0.3 is 10.1 Å². The molecule has 0 fully saturated rings. The molecule has 1 aliphatic rings. The van der Waals surface area contributed by atoms with E-state index in [-0.39, 0.29) is 17.5 Å². The fraction of sp³-hybridized carbons (Fsp3) is 0.500. The van der Waals surface area contributed by atoms with Crippen LogP contribution < -0.4 is 15.4 Å². The van der Waals surface area contributed by atoms with Gasteiger partial charge in [0.25, 0.3) is 0 Å². The number of amides is 1. The number of ether oxygens (including phenoxy) is 1. The highest BCUT2D eigenvalue weighted by molar-refractivity contribution is 5.84. The van der Waals surface area contributed by atoms with Crippen LogP contribution in [0, 0.1) is 0 Å². The van der Waals surface area contributed by atoms with Gasteiger partial charge in [-0.2, -0.15) is 0 Å². The van der Waals surface area contributed by atoms with Crippen molar-refractivity contribution in [3.8, 4) is 5.75 Å². The minimum Gasteiger partial charge on any atom is -0.492 e. The number of hydrogen-bond donors (Lipinski definition) is 2. The molecule has 1 aromatic carbocycles. The molecule has 0 saturated carbocycles. The van der Waals surface area contributed by atoms with Gasteiger partial charge in [-0.3, -0.25) is 10.1 Å². The van der Waals surface area contributed by atoms with Crippen molar-refractivity contribution >= 4 is 5.91 Å². The van der Waals surface area contributed by atoms with E-state index in [1.165, 1.54) is 0 Å². The third-order valence-electron chi connectivity index (χ3n) is 2.70. The van der Waals surface area contributed by atoms with Gasteiger partial charge in [0.2, 0.25) is 5.91 Å². The third-order valence-corrected chi connectivity index (χ3v) is 2.70. The van der Waals surface area contributed by atoms with Gasteiger partial charge in [0.1, 0.15) is 18.4 Å². The minimum absolute atomic E-state index is 0.0135. The Bertz CT molecular complexity index is 438.